The largest absolute Gasteiger partial charge is 0.463 e. The van der Waals surface area contributed by atoms with Gasteiger partial charge < -0.3 is 9.40 Å². The van der Waals surface area contributed by atoms with E-state index in [1.54, 1.807) is 18.4 Å². The van der Waals surface area contributed by atoms with Crippen LogP contribution >= 0.6 is 11.3 Å². The van der Waals surface area contributed by atoms with Gasteiger partial charge in [-0.1, -0.05) is 47.7 Å². The molecule has 0 saturated heterocycles. The molecular weight excluding hydrogens is 382 g/mol. The molecule has 1 amide bonds. The van der Waals surface area contributed by atoms with E-state index < -0.39 is 0 Å². The maximum absolute atomic E-state index is 12.6. The summed E-state index contributed by atoms with van der Waals surface area (Å²) in [6.45, 7) is 2.09. The number of benzene rings is 2. The Balaban J connectivity index is 1.61. The summed E-state index contributed by atoms with van der Waals surface area (Å²) in [5, 5.41) is 4.61. The summed E-state index contributed by atoms with van der Waals surface area (Å²) in [7, 11) is 0. The average Bonchev–Trinajstić information content (AvgIpc) is 3.48. The quantitative estimate of drug-likeness (QED) is 0.383. The molecule has 29 heavy (non-hydrogen) atoms. The number of nitrogens with zero attached hydrogens (tertiary/aromatic N) is 1. The van der Waals surface area contributed by atoms with Crippen LogP contribution in [0, 0.1) is 6.92 Å². The number of furan rings is 1. The van der Waals surface area contributed by atoms with Gasteiger partial charge in [0.1, 0.15) is 5.69 Å². The number of aromatic amines is 1. The summed E-state index contributed by atoms with van der Waals surface area (Å²) >= 11 is 1.43. The first-order chi connectivity index (χ1) is 14.2. The Bertz CT molecular complexity index is 1300. The van der Waals surface area contributed by atoms with Crippen molar-refractivity contribution < 1.29 is 9.21 Å². The van der Waals surface area contributed by atoms with Gasteiger partial charge in [-0.25, -0.2) is 4.98 Å². The van der Waals surface area contributed by atoms with Crippen LogP contribution < -0.4 is 5.32 Å². The number of para-hydroxylation sites is 1. The molecule has 2 aromatic carbocycles. The lowest BCUT2D eigenvalue weighted by atomic mass is 10.1. The Morgan fingerprint density at radius 2 is 1.83 bits per heavy atom. The zero-order valence-electron chi connectivity index (χ0n) is 15.6. The SMILES string of the molecule is Cc1c(-c2sc(NC(=O)c3ccccc3)nc2-c2ccco2)[nH]c2ccccc12. The highest BCUT2D eigenvalue weighted by atomic mass is 32.1. The van der Waals surface area contributed by atoms with Gasteiger partial charge in [0.25, 0.3) is 5.91 Å². The van der Waals surface area contributed by atoms with Gasteiger partial charge in [-0.2, -0.15) is 0 Å². The normalized spacial score (nSPS) is 11.1. The van der Waals surface area contributed by atoms with Crippen LogP contribution in [0.5, 0.6) is 0 Å². The number of hydrogen-bond donors (Lipinski definition) is 2. The van der Waals surface area contributed by atoms with Gasteiger partial charge in [0.05, 0.1) is 16.8 Å². The minimum absolute atomic E-state index is 0.190. The minimum Gasteiger partial charge on any atom is -0.463 e. The first-order valence-electron chi connectivity index (χ1n) is 9.19. The molecule has 5 rings (SSSR count). The van der Waals surface area contributed by atoms with Crippen LogP contribution in [0.2, 0.25) is 0 Å². The summed E-state index contributed by atoms with van der Waals surface area (Å²) in [4.78, 5) is 21.7. The molecule has 0 atom stereocenters. The van der Waals surface area contributed by atoms with E-state index >= 15 is 0 Å². The van der Waals surface area contributed by atoms with Crippen LogP contribution in [-0.2, 0) is 0 Å². The van der Waals surface area contributed by atoms with Gasteiger partial charge in [0, 0.05) is 16.5 Å². The number of aryl methyl sites for hydroxylation is 1. The van der Waals surface area contributed by atoms with E-state index in [9.17, 15) is 4.79 Å². The van der Waals surface area contributed by atoms with Crippen molar-refractivity contribution >= 4 is 33.3 Å². The first-order valence-corrected chi connectivity index (χ1v) is 10.0. The fraction of sp³-hybridized carbons (Fsp3) is 0.0435. The minimum atomic E-state index is -0.190. The van der Waals surface area contributed by atoms with Crippen LogP contribution in [0.3, 0.4) is 0 Å². The smallest absolute Gasteiger partial charge is 0.257 e. The highest BCUT2D eigenvalue weighted by Crippen LogP contribution is 2.41. The Morgan fingerprint density at radius 1 is 1.03 bits per heavy atom. The fourth-order valence-electron chi connectivity index (χ4n) is 3.39. The zero-order chi connectivity index (χ0) is 19.8. The predicted octanol–water partition coefficient (Wildman–Crippen LogP) is 6.11. The second kappa shape index (κ2) is 7.07. The summed E-state index contributed by atoms with van der Waals surface area (Å²) in [6, 6.07) is 21.0. The number of nitrogens with one attached hydrogen (secondary N) is 2. The van der Waals surface area contributed by atoms with E-state index in [4.69, 9.17) is 4.42 Å². The molecular formula is C23H17N3O2S. The Hall–Kier alpha value is -3.64. The number of H-pyrrole nitrogens is 1. The van der Waals surface area contributed by atoms with Gasteiger partial charge in [-0.15, -0.1) is 0 Å². The first kappa shape index (κ1) is 17.5. The van der Waals surface area contributed by atoms with Crippen molar-refractivity contribution in [2.24, 2.45) is 0 Å². The molecule has 0 spiro atoms. The van der Waals surface area contributed by atoms with Crippen molar-refractivity contribution in [1.82, 2.24) is 9.97 Å². The number of carbonyl (C=O) groups excluding carboxylic acids is 1. The Kier molecular flexibility index (Phi) is 4.26. The van der Waals surface area contributed by atoms with Crippen molar-refractivity contribution in [1.29, 1.82) is 0 Å². The topological polar surface area (TPSA) is 70.9 Å². The molecule has 5 nitrogen and oxygen atoms in total. The number of fused-ring (bicyclic) bond motifs is 1. The van der Waals surface area contributed by atoms with Crippen LogP contribution in [0.1, 0.15) is 15.9 Å². The molecule has 3 heterocycles. The summed E-state index contributed by atoms with van der Waals surface area (Å²) < 4.78 is 5.62. The number of aromatic nitrogens is 2. The van der Waals surface area contributed by atoms with Gasteiger partial charge >= 0.3 is 0 Å². The summed E-state index contributed by atoms with van der Waals surface area (Å²) in [6.07, 6.45) is 1.62. The highest BCUT2D eigenvalue weighted by molar-refractivity contribution is 7.19. The Morgan fingerprint density at radius 3 is 2.59 bits per heavy atom. The summed E-state index contributed by atoms with van der Waals surface area (Å²) in [5.41, 5.74) is 4.48. The number of thiazole rings is 1. The van der Waals surface area contributed by atoms with Crippen molar-refractivity contribution in [3.8, 4) is 22.0 Å². The number of hydrogen-bond acceptors (Lipinski definition) is 4. The molecule has 0 aliphatic heterocycles. The molecule has 5 aromatic rings. The van der Waals surface area contributed by atoms with Crippen molar-refractivity contribution in [2.45, 2.75) is 6.92 Å². The lowest BCUT2D eigenvalue weighted by Gasteiger charge is -2.00. The van der Waals surface area contributed by atoms with Crippen LogP contribution in [0.15, 0.2) is 77.4 Å². The van der Waals surface area contributed by atoms with E-state index in [1.807, 2.05) is 42.5 Å². The predicted molar refractivity (Wildman–Crippen MR) is 116 cm³/mol. The van der Waals surface area contributed by atoms with E-state index in [1.165, 1.54) is 11.3 Å². The molecule has 2 N–H and O–H groups in total. The molecule has 0 fully saturated rings. The highest BCUT2D eigenvalue weighted by Gasteiger charge is 2.22. The van der Waals surface area contributed by atoms with Crippen molar-refractivity contribution in [3.63, 3.8) is 0 Å². The monoisotopic (exact) mass is 399 g/mol. The zero-order valence-corrected chi connectivity index (χ0v) is 16.4. The second-order valence-electron chi connectivity index (χ2n) is 6.66. The maximum atomic E-state index is 12.6. The standard InChI is InChI=1S/C23H17N3O2S/c1-14-16-10-5-6-11-17(16)24-19(14)21-20(18-12-7-13-28-18)25-23(29-21)26-22(27)15-8-3-2-4-9-15/h2-13,24H,1H3,(H,25,26,27). The summed E-state index contributed by atoms with van der Waals surface area (Å²) in [5.74, 6) is 0.472. The number of amides is 1. The molecule has 0 radical (unpaired) electrons. The lowest BCUT2D eigenvalue weighted by Crippen LogP contribution is -2.11. The molecule has 0 saturated carbocycles. The van der Waals surface area contributed by atoms with Gasteiger partial charge in [0.15, 0.2) is 10.9 Å². The van der Waals surface area contributed by atoms with Crippen LogP contribution in [0.25, 0.3) is 32.9 Å². The fourth-order valence-corrected chi connectivity index (χ4v) is 4.41. The molecule has 0 aliphatic rings. The van der Waals surface area contributed by atoms with E-state index in [0.29, 0.717) is 22.1 Å². The Labute approximate surface area is 171 Å². The van der Waals surface area contributed by atoms with Crippen LogP contribution in [-0.4, -0.2) is 15.9 Å². The third-order valence-corrected chi connectivity index (χ3v) is 5.82. The third kappa shape index (κ3) is 3.13. The van der Waals surface area contributed by atoms with Crippen LogP contribution in [0.4, 0.5) is 5.13 Å². The van der Waals surface area contributed by atoms with E-state index in [0.717, 1.165) is 27.0 Å². The average molecular weight is 399 g/mol. The van der Waals surface area contributed by atoms with E-state index in [2.05, 4.69) is 34.3 Å². The molecule has 6 heteroatoms. The van der Waals surface area contributed by atoms with Gasteiger partial charge in [-0.3, -0.25) is 10.1 Å². The van der Waals surface area contributed by atoms with Crippen molar-refractivity contribution in [3.05, 3.63) is 84.1 Å². The van der Waals surface area contributed by atoms with Gasteiger partial charge in [-0.05, 0) is 42.8 Å². The van der Waals surface area contributed by atoms with Gasteiger partial charge in [0.2, 0.25) is 0 Å². The molecule has 0 unspecified atom stereocenters. The third-order valence-electron chi connectivity index (χ3n) is 4.83. The number of anilines is 1. The maximum Gasteiger partial charge on any atom is 0.257 e. The van der Waals surface area contributed by atoms with E-state index in [-0.39, 0.29) is 5.91 Å². The number of carbonyl (C=O) groups is 1. The molecule has 0 bridgehead atoms. The molecule has 0 aliphatic carbocycles. The lowest BCUT2D eigenvalue weighted by molar-refractivity contribution is 0.102. The molecule has 142 valence electrons. The number of rotatable bonds is 4. The second-order valence-corrected chi connectivity index (χ2v) is 7.66. The van der Waals surface area contributed by atoms with Crippen molar-refractivity contribution in [2.75, 3.05) is 5.32 Å². The molecule has 3 aromatic heterocycles.